The van der Waals surface area contributed by atoms with Gasteiger partial charge in [-0.25, -0.2) is 8.42 Å². The number of amides is 1. The Morgan fingerprint density at radius 3 is 2.52 bits per heavy atom. The molecule has 29 heavy (non-hydrogen) atoms. The number of anilines is 1. The van der Waals surface area contributed by atoms with Gasteiger partial charge in [0.1, 0.15) is 24.1 Å². The highest BCUT2D eigenvalue weighted by molar-refractivity contribution is 7.92. The van der Waals surface area contributed by atoms with Crippen molar-refractivity contribution in [1.82, 2.24) is 5.32 Å². The van der Waals surface area contributed by atoms with Gasteiger partial charge in [-0.05, 0) is 43.7 Å². The Balaban J connectivity index is 2.10. The molecule has 2 rings (SSSR count). The van der Waals surface area contributed by atoms with Crippen molar-refractivity contribution in [2.24, 2.45) is 0 Å². The van der Waals surface area contributed by atoms with Crippen LogP contribution in [-0.4, -0.2) is 46.9 Å². The van der Waals surface area contributed by atoms with Crippen LogP contribution in [0.3, 0.4) is 0 Å². The Kier molecular flexibility index (Phi) is 7.75. The molecule has 1 amide bonds. The molecule has 158 valence electrons. The molecule has 9 heteroatoms. The van der Waals surface area contributed by atoms with E-state index < -0.39 is 22.0 Å². The van der Waals surface area contributed by atoms with Crippen molar-refractivity contribution in [3.63, 3.8) is 0 Å². The summed E-state index contributed by atoms with van der Waals surface area (Å²) in [4.78, 5) is 12.6. The first kappa shape index (κ1) is 22.8. The molecule has 1 N–H and O–H groups in total. The van der Waals surface area contributed by atoms with E-state index in [-0.39, 0.29) is 18.8 Å². The molecular formula is C20H25ClN2O5S. The molecule has 7 nitrogen and oxygen atoms in total. The molecule has 2 aromatic carbocycles. The first-order valence-electron chi connectivity index (χ1n) is 8.94. The number of benzene rings is 2. The summed E-state index contributed by atoms with van der Waals surface area (Å²) in [6, 6.07) is 11.1. The number of halogens is 1. The Labute approximate surface area is 176 Å². The molecule has 0 aliphatic rings. The van der Waals surface area contributed by atoms with Crippen LogP contribution in [0.4, 0.5) is 5.69 Å². The second-order valence-corrected chi connectivity index (χ2v) is 8.75. The molecule has 0 aliphatic heterocycles. The summed E-state index contributed by atoms with van der Waals surface area (Å²) in [5.41, 5.74) is 1.19. The molecule has 2 aromatic rings. The summed E-state index contributed by atoms with van der Waals surface area (Å²) in [6.07, 6.45) is 1.03. The summed E-state index contributed by atoms with van der Waals surface area (Å²) >= 11 is 6.03. The molecule has 0 heterocycles. The van der Waals surface area contributed by atoms with Gasteiger partial charge in [-0.2, -0.15) is 0 Å². The zero-order valence-electron chi connectivity index (χ0n) is 16.8. The maximum absolute atomic E-state index is 12.6. The standard InChI is InChI=1S/C20H25ClN2O5S/c1-14-7-5-6-8-18(14)28-12-11-22-20(24)15(2)23(29(4,25)26)17-13-16(21)9-10-19(17)27-3/h5-10,13,15H,11-12H2,1-4H3,(H,22,24)/t15-/m1/s1. The third kappa shape index (κ3) is 6.01. The smallest absolute Gasteiger partial charge is 0.243 e. The lowest BCUT2D eigenvalue weighted by atomic mass is 10.2. The molecule has 0 saturated carbocycles. The zero-order valence-corrected chi connectivity index (χ0v) is 18.4. The fraction of sp³-hybridized carbons (Fsp3) is 0.350. The summed E-state index contributed by atoms with van der Waals surface area (Å²) in [5, 5.41) is 3.03. The van der Waals surface area contributed by atoms with Crippen LogP contribution in [-0.2, 0) is 14.8 Å². The van der Waals surface area contributed by atoms with Crippen LogP contribution in [0.1, 0.15) is 12.5 Å². The van der Waals surface area contributed by atoms with Crippen LogP contribution in [0, 0.1) is 6.92 Å². The second-order valence-electron chi connectivity index (χ2n) is 6.46. The van der Waals surface area contributed by atoms with E-state index >= 15 is 0 Å². The lowest BCUT2D eigenvalue weighted by molar-refractivity contribution is -0.121. The normalized spacial score (nSPS) is 12.2. The monoisotopic (exact) mass is 440 g/mol. The van der Waals surface area contributed by atoms with Crippen molar-refractivity contribution in [2.45, 2.75) is 19.9 Å². The molecule has 0 saturated heterocycles. The molecule has 0 radical (unpaired) electrons. The van der Waals surface area contributed by atoms with E-state index in [0.29, 0.717) is 10.8 Å². The highest BCUT2D eigenvalue weighted by Crippen LogP contribution is 2.34. The molecule has 0 fully saturated rings. The van der Waals surface area contributed by atoms with Crippen molar-refractivity contribution >= 4 is 33.2 Å². The number of para-hydroxylation sites is 1. The molecule has 0 bridgehead atoms. The van der Waals surface area contributed by atoms with E-state index in [2.05, 4.69) is 5.32 Å². The van der Waals surface area contributed by atoms with Crippen molar-refractivity contribution in [1.29, 1.82) is 0 Å². The summed E-state index contributed by atoms with van der Waals surface area (Å²) in [5.74, 6) is 0.560. The minimum Gasteiger partial charge on any atom is -0.495 e. The van der Waals surface area contributed by atoms with E-state index in [4.69, 9.17) is 21.1 Å². The maximum Gasteiger partial charge on any atom is 0.243 e. The number of nitrogens with one attached hydrogen (secondary N) is 1. The number of rotatable bonds is 9. The fourth-order valence-corrected chi connectivity index (χ4v) is 4.15. The molecule has 0 spiro atoms. The average molecular weight is 441 g/mol. The van der Waals surface area contributed by atoms with E-state index in [1.165, 1.54) is 20.1 Å². The highest BCUT2D eigenvalue weighted by Gasteiger charge is 2.31. The van der Waals surface area contributed by atoms with Crippen LogP contribution in [0.25, 0.3) is 0 Å². The largest absolute Gasteiger partial charge is 0.495 e. The van der Waals surface area contributed by atoms with Crippen molar-refractivity contribution in [2.75, 3.05) is 30.8 Å². The van der Waals surface area contributed by atoms with E-state index in [0.717, 1.165) is 21.9 Å². The van der Waals surface area contributed by atoms with Gasteiger partial charge < -0.3 is 14.8 Å². The number of sulfonamides is 1. The molecule has 0 unspecified atom stereocenters. The Morgan fingerprint density at radius 1 is 1.21 bits per heavy atom. The Morgan fingerprint density at radius 2 is 1.90 bits per heavy atom. The van der Waals surface area contributed by atoms with E-state index in [1.54, 1.807) is 12.1 Å². The third-order valence-electron chi connectivity index (χ3n) is 4.22. The van der Waals surface area contributed by atoms with Crippen molar-refractivity contribution < 1.29 is 22.7 Å². The average Bonchev–Trinajstić information content (AvgIpc) is 2.65. The number of ether oxygens (including phenoxy) is 2. The van der Waals surface area contributed by atoms with Crippen LogP contribution in [0.15, 0.2) is 42.5 Å². The van der Waals surface area contributed by atoms with Crippen LogP contribution >= 0.6 is 11.6 Å². The summed E-state index contributed by atoms with van der Waals surface area (Å²) < 4.78 is 36.8. The predicted molar refractivity (Wildman–Crippen MR) is 114 cm³/mol. The number of carbonyl (C=O) groups excluding carboxylic acids is 1. The first-order valence-corrected chi connectivity index (χ1v) is 11.2. The first-order chi connectivity index (χ1) is 13.6. The Bertz CT molecular complexity index is 965. The van der Waals surface area contributed by atoms with Gasteiger partial charge in [-0.15, -0.1) is 0 Å². The molecule has 1 atom stereocenters. The molecular weight excluding hydrogens is 416 g/mol. The van der Waals surface area contributed by atoms with Gasteiger partial charge in [-0.1, -0.05) is 29.8 Å². The van der Waals surface area contributed by atoms with Crippen molar-refractivity contribution in [3.05, 3.63) is 53.1 Å². The van der Waals surface area contributed by atoms with Crippen LogP contribution in [0.2, 0.25) is 5.02 Å². The van der Waals surface area contributed by atoms with Crippen LogP contribution in [0.5, 0.6) is 11.5 Å². The quantitative estimate of drug-likeness (QED) is 0.606. The van der Waals surface area contributed by atoms with Gasteiger partial charge in [-0.3, -0.25) is 9.10 Å². The topological polar surface area (TPSA) is 84.9 Å². The molecule has 0 aliphatic carbocycles. The van der Waals surface area contributed by atoms with Gasteiger partial charge in [0, 0.05) is 5.02 Å². The summed E-state index contributed by atoms with van der Waals surface area (Å²) in [7, 11) is -2.37. The maximum atomic E-state index is 12.6. The van der Waals surface area contributed by atoms with Gasteiger partial charge >= 0.3 is 0 Å². The number of hydrogen-bond acceptors (Lipinski definition) is 5. The fourth-order valence-electron chi connectivity index (χ4n) is 2.82. The lowest BCUT2D eigenvalue weighted by Crippen LogP contribution is -2.48. The SMILES string of the molecule is COc1ccc(Cl)cc1N([C@H](C)C(=O)NCCOc1ccccc1C)S(C)(=O)=O. The van der Waals surface area contributed by atoms with Crippen LogP contribution < -0.4 is 19.1 Å². The van der Waals surface area contributed by atoms with Crippen molar-refractivity contribution in [3.8, 4) is 11.5 Å². The minimum absolute atomic E-state index is 0.196. The molecule has 0 aromatic heterocycles. The Hall–Kier alpha value is -2.45. The van der Waals surface area contributed by atoms with Gasteiger partial charge in [0.25, 0.3) is 0 Å². The highest BCUT2D eigenvalue weighted by atomic mass is 35.5. The minimum atomic E-state index is -3.79. The zero-order chi connectivity index (χ0) is 21.6. The van der Waals surface area contributed by atoms with E-state index in [1.807, 2.05) is 31.2 Å². The predicted octanol–water partition coefficient (Wildman–Crippen LogP) is 3.01. The van der Waals surface area contributed by atoms with Gasteiger partial charge in [0.15, 0.2) is 0 Å². The number of aryl methyl sites for hydroxylation is 1. The number of hydrogen-bond donors (Lipinski definition) is 1. The number of nitrogens with zero attached hydrogens (tertiary/aromatic N) is 1. The second kappa shape index (κ2) is 9.84. The van der Waals surface area contributed by atoms with Gasteiger partial charge in [0.2, 0.25) is 15.9 Å². The van der Waals surface area contributed by atoms with E-state index in [9.17, 15) is 13.2 Å². The summed E-state index contributed by atoms with van der Waals surface area (Å²) in [6.45, 7) is 3.90. The van der Waals surface area contributed by atoms with Gasteiger partial charge in [0.05, 0.1) is 25.6 Å². The lowest BCUT2D eigenvalue weighted by Gasteiger charge is -2.29. The third-order valence-corrected chi connectivity index (χ3v) is 5.68. The number of carbonyl (C=O) groups is 1. The number of methoxy groups -OCH3 is 1.